The third kappa shape index (κ3) is 3.43. The topological polar surface area (TPSA) is 54.9 Å². The van der Waals surface area contributed by atoms with E-state index in [1.165, 1.54) is 0 Å². The number of hydrogen-bond donors (Lipinski definition) is 1. The Balaban J connectivity index is 1.77. The lowest BCUT2D eigenvalue weighted by molar-refractivity contribution is 0.102. The molecule has 1 heterocycles. The van der Waals surface area contributed by atoms with Crippen LogP contribution in [0.2, 0.25) is 0 Å². The molecule has 0 radical (unpaired) electrons. The predicted octanol–water partition coefficient (Wildman–Crippen LogP) is 4.01. The molecular formula is C19H17N3O. The van der Waals surface area contributed by atoms with Crippen molar-refractivity contribution < 1.29 is 4.79 Å². The van der Waals surface area contributed by atoms with Gasteiger partial charge in [-0.05, 0) is 25.5 Å². The smallest absolute Gasteiger partial charge is 0.256 e. The number of aromatic nitrogens is 2. The Hall–Kier alpha value is -3.01. The summed E-state index contributed by atoms with van der Waals surface area (Å²) in [6.07, 6.45) is 3.24. The lowest BCUT2D eigenvalue weighted by Gasteiger charge is -2.08. The number of nitrogens with one attached hydrogen (secondary N) is 1. The van der Waals surface area contributed by atoms with Crippen LogP contribution in [-0.2, 0) is 0 Å². The molecule has 1 amide bonds. The van der Waals surface area contributed by atoms with E-state index in [4.69, 9.17) is 0 Å². The largest absolute Gasteiger partial charge is 0.319 e. The van der Waals surface area contributed by atoms with Crippen molar-refractivity contribution in [3.05, 3.63) is 77.6 Å². The average molecular weight is 303 g/mol. The first-order valence-electron chi connectivity index (χ1n) is 7.39. The summed E-state index contributed by atoms with van der Waals surface area (Å²) in [5, 5.41) is 2.83. The van der Waals surface area contributed by atoms with Gasteiger partial charge in [0.25, 0.3) is 5.91 Å². The number of hydrogen-bond acceptors (Lipinski definition) is 3. The molecule has 0 saturated carbocycles. The van der Waals surface area contributed by atoms with Crippen molar-refractivity contribution >= 4 is 11.6 Å². The van der Waals surface area contributed by atoms with Gasteiger partial charge in [0.05, 0.1) is 18.1 Å². The number of nitrogens with zero attached hydrogens (tertiary/aromatic N) is 2. The van der Waals surface area contributed by atoms with Crippen LogP contribution in [-0.4, -0.2) is 15.9 Å². The molecule has 23 heavy (non-hydrogen) atoms. The third-order valence-electron chi connectivity index (χ3n) is 3.57. The first-order valence-corrected chi connectivity index (χ1v) is 7.39. The van der Waals surface area contributed by atoms with Gasteiger partial charge in [-0.3, -0.25) is 4.79 Å². The first kappa shape index (κ1) is 14.9. The maximum atomic E-state index is 12.3. The van der Waals surface area contributed by atoms with E-state index in [-0.39, 0.29) is 5.91 Å². The van der Waals surface area contributed by atoms with Gasteiger partial charge in [0.15, 0.2) is 5.82 Å². The Kier molecular flexibility index (Phi) is 4.15. The summed E-state index contributed by atoms with van der Waals surface area (Å²) in [6, 6.07) is 15.5. The Morgan fingerprint density at radius 3 is 2.30 bits per heavy atom. The molecule has 0 aliphatic heterocycles. The third-order valence-corrected chi connectivity index (χ3v) is 3.57. The van der Waals surface area contributed by atoms with Crippen molar-refractivity contribution in [2.24, 2.45) is 0 Å². The molecule has 114 valence electrons. The fourth-order valence-electron chi connectivity index (χ4n) is 2.40. The van der Waals surface area contributed by atoms with E-state index >= 15 is 0 Å². The summed E-state index contributed by atoms with van der Waals surface area (Å²) >= 11 is 0. The van der Waals surface area contributed by atoms with Gasteiger partial charge in [0, 0.05) is 11.1 Å². The summed E-state index contributed by atoms with van der Waals surface area (Å²) in [6.45, 7) is 3.93. The highest BCUT2D eigenvalue weighted by molar-refractivity contribution is 6.05. The monoisotopic (exact) mass is 303 g/mol. The number of rotatable bonds is 3. The molecule has 0 spiro atoms. The molecule has 4 heteroatoms. The van der Waals surface area contributed by atoms with Crippen molar-refractivity contribution in [3.63, 3.8) is 0 Å². The molecule has 3 aromatic rings. The minimum absolute atomic E-state index is 0.154. The van der Waals surface area contributed by atoms with Crippen LogP contribution < -0.4 is 5.32 Å². The van der Waals surface area contributed by atoms with E-state index in [0.717, 1.165) is 16.7 Å². The van der Waals surface area contributed by atoms with Gasteiger partial charge in [-0.2, -0.15) is 0 Å². The lowest BCUT2D eigenvalue weighted by Crippen LogP contribution is -2.14. The fraction of sp³-hybridized carbons (Fsp3) is 0.105. The van der Waals surface area contributed by atoms with Crippen molar-refractivity contribution in [2.45, 2.75) is 13.8 Å². The van der Waals surface area contributed by atoms with E-state index < -0.39 is 0 Å². The minimum atomic E-state index is -0.154. The Bertz CT molecular complexity index is 827. The molecule has 1 aromatic heterocycles. The maximum absolute atomic E-state index is 12.3. The van der Waals surface area contributed by atoms with Crippen LogP contribution in [0.25, 0.3) is 11.4 Å². The van der Waals surface area contributed by atoms with Gasteiger partial charge in [0.1, 0.15) is 0 Å². The molecule has 0 fully saturated rings. The number of carbonyl (C=O) groups is 1. The van der Waals surface area contributed by atoms with Gasteiger partial charge in [-0.1, -0.05) is 48.0 Å². The standard InChI is InChI=1S/C19H17N3O/c1-13-8-9-17(14(2)10-13)19(23)22-16-11-20-18(21-12-16)15-6-4-3-5-7-15/h3-12H,1-2H3,(H,22,23). The van der Waals surface area contributed by atoms with Crippen molar-refractivity contribution in [2.75, 3.05) is 5.32 Å². The Morgan fingerprint density at radius 2 is 1.65 bits per heavy atom. The van der Waals surface area contributed by atoms with E-state index in [1.54, 1.807) is 12.4 Å². The van der Waals surface area contributed by atoms with Gasteiger partial charge >= 0.3 is 0 Å². The van der Waals surface area contributed by atoms with Crippen LogP contribution in [0.5, 0.6) is 0 Å². The number of carbonyl (C=O) groups excluding carboxylic acids is 1. The minimum Gasteiger partial charge on any atom is -0.319 e. The molecule has 0 aliphatic carbocycles. The predicted molar refractivity (Wildman–Crippen MR) is 91.3 cm³/mol. The zero-order chi connectivity index (χ0) is 16.2. The Labute approximate surface area is 135 Å². The lowest BCUT2D eigenvalue weighted by atomic mass is 10.1. The zero-order valence-electron chi connectivity index (χ0n) is 13.1. The molecule has 4 nitrogen and oxygen atoms in total. The SMILES string of the molecule is Cc1ccc(C(=O)Nc2cnc(-c3ccccc3)nc2)c(C)c1. The van der Waals surface area contributed by atoms with Crippen molar-refractivity contribution in [3.8, 4) is 11.4 Å². The van der Waals surface area contributed by atoms with E-state index in [0.29, 0.717) is 17.1 Å². The zero-order valence-corrected chi connectivity index (χ0v) is 13.1. The van der Waals surface area contributed by atoms with Crippen LogP contribution in [0.1, 0.15) is 21.5 Å². The van der Waals surface area contributed by atoms with Crippen LogP contribution in [0.4, 0.5) is 5.69 Å². The number of anilines is 1. The molecule has 0 unspecified atom stereocenters. The number of benzene rings is 2. The van der Waals surface area contributed by atoms with Crippen molar-refractivity contribution in [1.82, 2.24) is 9.97 Å². The van der Waals surface area contributed by atoms with E-state index in [9.17, 15) is 4.79 Å². The van der Waals surface area contributed by atoms with E-state index in [2.05, 4.69) is 15.3 Å². The highest BCUT2D eigenvalue weighted by Gasteiger charge is 2.10. The molecule has 2 aromatic carbocycles. The van der Waals surface area contributed by atoms with Gasteiger partial charge in [0.2, 0.25) is 0 Å². The average Bonchev–Trinajstić information content (AvgIpc) is 2.56. The molecule has 3 rings (SSSR count). The van der Waals surface area contributed by atoms with Crippen LogP contribution in [0.15, 0.2) is 60.9 Å². The molecule has 0 bridgehead atoms. The van der Waals surface area contributed by atoms with Crippen molar-refractivity contribution in [1.29, 1.82) is 0 Å². The Morgan fingerprint density at radius 1 is 0.957 bits per heavy atom. The van der Waals surface area contributed by atoms with Crippen LogP contribution in [0, 0.1) is 13.8 Å². The molecule has 1 N–H and O–H groups in total. The highest BCUT2D eigenvalue weighted by Crippen LogP contribution is 2.16. The summed E-state index contributed by atoms with van der Waals surface area (Å²) in [5.41, 5.74) is 4.26. The molecule has 0 saturated heterocycles. The van der Waals surface area contributed by atoms with E-state index in [1.807, 2.05) is 62.4 Å². The van der Waals surface area contributed by atoms with Crippen LogP contribution in [0.3, 0.4) is 0 Å². The quantitative estimate of drug-likeness (QED) is 0.795. The first-order chi connectivity index (χ1) is 11.1. The summed E-state index contributed by atoms with van der Waals surface area (Å²) in [5.74, 6) is 0.480. The fourth-order valence-corrected chi connectivity index (χ4v) is 2.40. The van der Waals surface area contributed by atoms with Crippen LogP contribution >= 0.6 is 0 Å². The molecular weight excluding hydrogens is 286 g/mol. The second kappa shape index (κ2) is 6.40. The highest BCUT2D eigenvalue weighted by atomic mass is 16.1. The number of amides is 1. The second-order valence-corrected chi connectivity index (χ2v) is 5.43. The molecule has 0 aliphatic rings. The summed E-state index contributed by atoms with van der Waals surface area (Å²) in [7, 11) is 0. The van der Waals surface area contributed by atoms with Gasteiger partial charge in [-0.25, -0.2) is 9.97 Å². The number of aryl methyl sites for hydroxylation is 2. The second-order valence-electron chi connectivity index (χ2n) is 5.43. The normalized spacial score (nSPS) is 10.3. The summed E-state index contributed by atoms with van der Waals surface area (Å²) < 4.78 is 0. The molecule has 0 atom stereocenters. The van der Waals surface area contributed by atoms with Gasteiger partial charge in [-0.15, -0.1) is 0 Å². The maximum Gasteiger partial charge on any atom is 0.256 e. The summed E-state index contributed by atoms with van der Waals surface area (Å²) in [4.78, 5) is 20.9. The van der Waals surface area contributed by atoms with Gasteiger partial charge < -0.3 is 5.32 Å².